The molecule has 0 amide bonds. The summed E-state index contributed by atoms with van der Waals surface area (Å²) in [6, 6.07) is 0. The van der Waals surface area contributed by atoms with Crippen molar-refractivity contribution in [3.8, 4) is 0 Å². The summed E-state index contributed by atoms with van der Waals surface area (Å²) >= 11 is 0. The van der Waals surface area contributed by atoms with E-state index in [1.165, 1.54) is 6.92 Å². The maximum atomic E-state index is 10.7. The minimum Gasteiger partial charge on any atom is -0.451 e. The second-order valence-electron chi connectivity index (χ2n) is 2.52. The summed E-state index contributed by atoms with van der Waals surface area (Å²) in [6.07, 6.45) is -1.42. The van der Waals surface area contributed by atoms with E-state index in [2.05, 4.69) is 11.3 Å². The molecule has 0 saturated carbocycles. The Morgan fingerprint density at radius 3 is 2.17 bits per heavy atom. The van der Waals surface area contributed by atoms with Crippen molar-refractivity contribution in [2.75, 3.05) is 0 Å². The van der Waals surface area contributed by atoms with Crippen molar-refractivity contribution < 1.29 is 24.9 Å². The van der Waals surface area contributed by atoms with Crippen molar-refractivity contribution in [2.45, 2.75) is 25.9 Å². The lowest BCUT2D eigenvalue weighted by Crippen LogP contribution is -2.42. The summed E-state index contributed by atoms with van der Waals surface area (Å²) in [6.45, 7) is 5.82. The van der Waals surface area contributed by atoms with E-state index in [0.29, 0.717) is 0 Å². The lowest BCUT2D eigenvalue weighted by Gasteiger charge is -2.21. The summed E-state index contributed by atoms with van der Waals surface area (Å²) in [5.41, 5.74) is 0.117. The molecule has 0 heterocycles. The third-order valence-corrected chi connectivity index (χ3v) is 1.18. The van der Waals surface area contributed by atoms with Crippen molar-refractivity contribution in [2.24, 2.45) is 0 Å². The maximum absolute atomic E-state index is 10.7. The molecule has 12 heavy (non-hydrogen) atoms. The van der Waals surface area contributed by atoms with Gasteiger partial charge < -0.3 is 20.1 Å². The zero-order valence-electron chi connectivity index (χ0n) is 6.94. The van der Waals surface area contributed by atoms with Crippen LogP contribution in [-0.2, 0) is 9.53 Å². The van der Waals surface area contributed by atoms with E-state index >= 15 is 0 Å². The molecule has 0 fully saturated rings. The predicted octanol–water partition coefficient (Wildman–Crippen LogP) is -0.875. The largest absolute Gasteiger partial charge is 0.451 e. The Bertz CT molecular complexity index is 190. The SMILES string of the molecule is C=C(C)C(=O)OC(C)C(O)(O)O. The van der Waals surface area contributed by atoms with Gasteiger partial charge in [0.1, 0.15) is 0 Å². The number of esters is 1. The van der Waals surface area contributed by atoms with Crippen LogP contribution in [-0.4, -0.2) is 33.4 Å². The number of aliphatic hydroxyl groups is 3. The monoisotopic (exact) mass is 176 g/mol. The third-order valence-electron chi connectivity index (χ3n) is 1.18. The topological polar surface area (TPSA) is 87.0 Å². The predicted molar refractivity (Wildman–Crippen MR) is 39.8 cm³/mol. The number of ether oxygens (including phenoxy) is 1. The van der Waals surface area contributed by atoms with Crippen LogP contribution < -0.4 is 0 Å². The summed E-state index contributed by atoms with van der Waals surface area (Å²) < 4.78 is 4.39. The molecule has 0 rings (SSSR count). The van der Waals surface area contributed by atoms with Gasteiger partial charge >= 0.3 is 11.9 Å². The highest BCUT2D eigenvalue weighted by Gasteiger charge is 2.31. The standard InChI is InChI=1S/C7H12O5/c1-4(2)6(8)12-5(3)7(9,10)11/h5,9-11H,1H2,2-3H3. The van der Waals surface area contributed by atoms with Gasteiger partial charge in [0.15, 0.2) is 6.10 Å². The van der Waals surface area contributed by atoms with Gasteiger partial charge in [0.05, 0.1) is 0 Å². The van der Waals surface area contributed by atoms with Gasteiger partial charge in [0.2, 0.25) is 0 Å². The highest BCUT2D eigenvalue weighted by Crippen LogP contribution is 2.07. The zero-order valence-corrected chi connectivity index (χ0v) is 6.94. The second-order valence-corrected chi connectivity index (χ2v) is 2.52. The maximum Gasteiger partial charge on any atom is 0.333 e. The second kappa shape index (κ2) is 3.66. The van der Waals surface area contributed by atoms with Crippen LogP contribution in [0.25, 0.3) is 0 Å². The van der Waals surface area contributed by atoms with E-state index in [-0.39, 0.29) is 5.57 Å². The molecular formula is C7H12O5. The first-order chi connectivity index (χ1) is 5.25. The van der Waals surface area contributed by atoms with Crippen LogP contribution in [0.1, 0.15) is 13.8 Å². The summed E-state index contributed by atoms with van der Waals surface area (Å²) in [4.78, 5) is 10.7. The van der Waals surface area contributed by atoms with Gasteiger partial charge in [-0.05, 0) is 13.8 Å². The Morgan fingerprint density at radius 2 is 1.92 bits per heavy atom. The van der Waals surface area contributed by atoms with Crippen LogP contribution in [0.4, 0.5) is 0 Å². The van der Waals surface area contributed by atoms with Crippen molar-refractivity contribution in [3.63, 3.8) is 0 Å². The smallest absolute Gasteiger partial charge is 0.333 e. The fourth-order valence-electron chi connectivity index (χ4n) is 0.340. The van der Waals surface area contributed by atoms with Crippen LogP contribution >= 0.6 is 0 Å². The number of hydrogen-bond acceptors (Lipinski definition) is 5. The Labute approximate surface area is 69.9 Å². The van der Waals surface area contributed by atoms with Crippen molar-refractivity contribution >= 4 is 5.97 Å². The highest BCUT2D eigenvalue weighted by atomic mass is 16.7. The first-order valence-corrected chi connectivity index (χ1v) is 3.28. The molecule has 1 atom stereocenters. The lowest BCUT2D eigenvalue weighted by molar-refractivity contribution is -0.351. The average Bonchev–Trinajstić information content (AvgIpc) is 1.85. The summed E-state index contributed by atoms with van der Waals surface area (Å²) in [5.74, 6) is -3.80. The molecular weight excluding hydrogens is 164 g/mol. The Balaban J connectivity index is 4.11. The number of carbonyl (C=O) groups is 1. The zero-order chi connectivity index (χ0) is 9.94. The van der Waals surface area contributed by atoms with Crippen LogP contribution in [0.2, 0.25) is 0 Å². The molecule has 1 unspecified atom stereocenters. The fraction of sp³-hybridized carbons (Fsp3) is 0.571. The van der Waals surface area contributed by atoms with Gasteiger partial charge in [-0.3, -0.25) is 0 Å². The van der Waals surface area contributed by atoms with E-state index in [0.717, 1.165) is 6.92 Å². The van der Waals surface area contributed by atoms with Gasteiger partial charge in [-0.1, -0.05) is 6.58 Å². The van der Waals surface area contributed by atoms with Gasteiger partial charge in [-0.2, -0.15) is 0 Å². The normalized spacial score (nSPS) is 13.8. The van der Waals surface area contributed by atoms with E-state index < -0.39 is 18.0 Å². The minimum atomic E-state index is -3.01. The summed E-state index contributed by atoms with van der Waals surface area (Å²) in [7, 11) is 0. The molecule has 5 heteroatoms. The van der Waals surface area contributed by atoms with Crippen LogP contribution in [0.15, 0.2) is 12.2 Å². The van der Waals surface area contributed by atoms with Crippen molar-refractivity contribution in [1.29, 1.82) is 0 Å². The van der Waals surface area contributed by atoms with Crippen LogP contribution in [0.3, 0.4) is 0 Å². The molecule has 0 radical (unpaired) electrons. The van der Waals surface area contributed by atoms with Gasteiger partial charge in [0, 0.05) is 5.57 Å². The first-order valence-electron chi connectivity index (χ1n) is 3.28. The molecule has 0 saturated heterocycles. The van der Waals surface area contributed by atoms with Crippen molar-refractivity contribution in [1.82, 2.24) is 0 Å². The molecule has 70 valence electrons. The fourth-order valence-corrected chi connectivity index (χ4v) is 0.340. The molecule has 0 spiro atoms. The average molecular weight is 176 g/mol. The molecule has 0 bridgehead atoms. The number of hydrogen-bond donors (Lipinski definition) is 3. The Morgan fingerprint density at radius 1 is 1.50 bits per heavy atom. The third kappa shape index (κ3) is 3.47. The number of carbonyl (C=O) groups excluding carboxylic acids is 1. The molecule has 0 aliphatic carbocycles. The van der Waals surface area contributed by atoms with Crippen molar-refractivity contribution in [3.05, 3.63) is 12.2 Å². The van der Waals surface area contributed by atoms with Crippen LogP contribution in [0.5, 0.6) is 0 Å². The Kier molecular flexibility index (Phi) is 3.38. The molecule has 0 aliphatic heterocycles. The molecule has 0 aromatic carbocycles. The molecule has 0 aromatic rings. The van der Waals surface area contributed by atoms with Gasteiger partial charge in [-0.25, -0.2) is 4.79 Å². The van der Waals surface area contributed by atoms with E-state index in [1.54, 1.807) is 0 Å². The van der Waals surface area contributed by atoms with E-state index in [1.807, 2.05) is 0 Å². The van der Waals surface area contributed by atoms with Gasteiger partial charge in [-0.15, -0.1) is 0 Å². The molecule has 0 aliphatic rings. The molecule has 3 N–H and O–H groups in total. The quantitative estimate of drug-likeness (QED) is 0.295. The van der Waals surface area contributed by atoms with Crippen LogP contribution in [0, 0.1) is 0 Å². The minimum absolute atomic E-state index is 0.117. The summed E-state index contributed by atoms with van der Waals surface area (Å²) in [5, 5.41) is 25.6. The molecule has 5 nitrogen and oxygen atoms in total. The lowest BCUT2D eigenvalue weighted by atomic mass is 10.3. The Hall–Kier alpha value is -0.910. The highest BCUT2D eigenvalue weighted by molar-refractivity contribution is 5.87. The number of rotatable bonds is 3. The first kappa shape index (κ1) is 11.1. The van der Waals surface area contributed by atoms with Gasteiger partial charge in [0.25, 0.3) is 0 Å². The van der Waals surface area contributed by atoms with E-state index in [9.17, 15) is 4.79 Å². The molecule has 0 aromatic heterocycles. The van der Waals surface area contributed by atoms with E-state index in [4.69, 9.17) is 15.3 Å².